The second kappa shape index (κ2) is 6.47. The molecule has 26 heavy (non-hydrogen) atoms. The lowest BCUT2D eigenvalue weighted by Crippen LogP contribution is -2.33. The van der Waals surface area contributed by atoms with Gasteiger partial charge in [0.05, 0.1) is 28.5 Å². The summed E-state index contributed by atoms with van der Waals surface area (Å²) in [6.07, 6.45) is -5.05. The van der Waals surface area contributed by atoms with Gasteiger partial charge < -0.3 is 15.2 Å². The zero-order valence-corrected chi connectivity index (χ0v) is 13.4. The van der Waals surface area contributed by atoms with Crippen molar-refractivity contribution in [2.45, 2.75) is 25.4 Å². The monoisotopic (exact) mass is 371 g/mol. The van der Waals surface area contributed by atoms with Gasteiger partial charge in [-0.1, -0.05) is 12.1 Å². The van der Waals surface area contributed by atoms with Gasteiger partial charge in [-0.2, -0.15) is 0 Å². The molecule has 0 radical (unpaired) electrons. The number of rotatable bonds is 4. The average Bonchev–Trinajstić information content (AvgIpc) is 2.93. The number of benzene rings is 1. The molecule has 9 heteroatoms. The third-order valence-electron chi connectivity index (χ3n) is 4.29. The zero-order valence-electron chi connectivity index (χ0n) is 13.4. The van der Waals surface area contributed by atoms with Crippen molar-refractivity contribution in [3.05, 3.63) is 57.7 Å². The first-order valence-electron chi connectivity index (χ1n) is 7.59. The fourth-order valence-corrected chi connectivity index (χ4v) is 3.29. The van der Waals surface area contributed by atoms with Crippen LogP contribution in [0.5, 0.6) is 0 Å². The van der Waals surface area contributed by atoms with Gasteiger partial charge in [0.15, 0.2) is 0 Å². The molecule has 0 bridgehead atoms. The Bertz CT molecular complexity index is 860. The minimum absolute atomic E-state index is 0.0398. The largest absolute Gasteiger partial charge is 0.478 e. The smallest absolute Gasteiger partial charge is 0.337 e. The number of aliphatic carboxylic acids is 1. The fraction of sp³-hybridized carbons (Fsp3) is 0.294. The Hall–Kier alpha value is -2.84. The predicted octanol–water partition coefficient (Wildman–Crippen LogP) is 2.96. The van der Waals surface area contributed by atoms with Crippen molar-refractivity contribution < 1.29 is 37.0 Å². The number of carboxylic acid groups (broad SMARTS) is 1. The Morgan fingerprint density at radius 1 is 1.35 bits per heavy atom. The molecule has 138 valence electrons. The highest BCUT2D eigenvalue weighted by atomic mass is 19.3. The van der Waals surface area contributed by atoms with Crippen molar-refractivity contribution in [1.82, 2.24) is 5.32 Å². The first-order chi connectivity index (χ1) is 12.2. The molecule has 0 saturated heterocycles. The normalized spacial score (nSPS) is 20.8. The highest BCUT2D eigenvalue weighted by Gasteiger charge is 2.45. The Morgan fingerprint density at radius 3 is 2.62 bits per heavy atom. The highest BCUT2D eigenvalue weighted by molar-refractivity contribution is 6.00. The Kier molecular flexibility index (Phi) is 4.47. The quantitative estimate of drug-likeness (QED) is 0.629. The van der Waals surface area contributed by atoms with Crippen LogP contribution in [-0.2, 0) is 14.3 Å². The third-order valence-corrected chi connectivity index (χ3v) is 4.29. The van der Waals surface area contributed by atoms with Crippen LogP contribution in [0, 0.1) is 5.82 Å². The Morgan fingerprint density at radius 2 is 2.04 bits per heavy atom. The third kappa shape index (κ3) is 2.73. The van der Waals surface area contributed by atoms with Crippen molar-refractivity contribution in [2.75, 3.05) is 6.61 Å². The van der Waals surface area contributed by atoms with Crippen LogP contribution in [0.2, 0.25) is 0 Å². The number of allylic oxidation sites excluding steroid dienone is 1. The zero-order chi connectivity index (χ0) is 19.2. The molecule has 5 nitrogen and oxygen atoms in total. The molecule has 0 aliphatic carbocycles. The lowest BCUT2D eigenvalue weighted by atomic mass is 9.78. The summed E-state index contributed by atoms with van der Waals surface area (Å²) < 4.78 is 59.9. The standard InChI is InChI=1S/C17H13F4NO4/c1-6(18)10-7(3-2-4-8(10)19)11-12-9(5-26-17(12)25)22-14(15(20)21)13(11)16(23)24/h2-4,6,11,15,22H,5H2,1H3,(H,23,24)/t6?,11-/m0/s1. The van der Waals surface area contributed by atoms with Gasteiger partial charge in [-0.05, 0) is 18.6 Å². The summed E-state index contributed by atoms with van der Waals surface area (Å²) in [6.45, 7) is 0.674. The van der Waals surface area contributed by atoms with Crippen molar-refractivity contribution in [3.8, 4) is 0 Å². The van der Waals surface area contributed by atoms with Crippen molar-refractivity contribution in [1.29, 1.82) is 0 Å². The van der Waals surface area contributed by atoms with Gasteiger partial charge in [0.1, 0.15) is 18.6 Å². The van der Waals surface area contributed by atoms with Crippen molar-refractivity contribution in [3.63, 3.8) is 0 Å². The van der Waals surface area contributed by atoms with Crippen LogP contribution in [0.1, 0.15) is 30.1 Å². The van der Waals surface area contributed by atoms with Crippen LogP contribution in [0.4, 0.5) is 17.6 Å². The second-order valence-electron chi connectivity index (χ2n) is 5.82. The summed E-state index contributed by atoms with van der Waals surface area (Å²) in [5, 5.41) is 11.7. The van der Waals surface area contributed by atoms with E-state index in [1.165, 1.54) is 12.1 Å². The lowest BCUT2D eigenvalue weighted by Gasteiger charge is -2.29. The summed E-state index contributed by atoms with van der Waals surface area (Å²) in [4.78, 5) is 23.8. The van der Waals surface area contributed by atoms with E-state index in [0.29, 0.717) is 0 Å². The summed E-state index contributed by atoms with van der Waals surface area (Å²) >= 11 is 0. The van der Waals surface area contributed by atoms with E-state index in [9.17, 15) is 32.3 Å². The van der Waals surface area contributed by atoms with Crippen LogP contribution >= 0.6 is 0 Å². The SMILES string of the molecule is CC(F)c1c(F)cccc1[C@H]1C2=C(COC2=O)NC(C(F)F)=C1C(=O)O. The molecular weight excluding hydrogens is 358 g/mol. The first-order valence-corrected chi connectivity index (χ1v) is 7.59. The highest BCUT2D eigenvalue weighted by Crippen LogP contribution is 2.44. The summed E-state index contributed by atoms with van der Waals surface area (Å²) in [5.74, 6) is -5.20. The number of halogens is 4. The lowest BCUT2D eigenvalue weighted by molar-refractivity contribution is -0.136. The molecule has 0 aromatic heterocycles. The van der Waals surface area contributed by atoms with E-state index in [4.69, 9.17) is 4.74 Å². The number of carboxylic acids is 1. The predicted molar refractivity (Wildman–Crippen MR) is 80.5 cm³/mol. The molecule has 1 aromatic carbocycles. The topological polar surface area (TPSA) is 75.6 Å². The number of carbonyl (C=O) groups is 2. The van der Waals surface area contributed by atoms with E-state index >= 15 is 0 Å². The van der Waals surface area contributed by atoms with Gasteiger partial charge in [0, 0.05) is 5.56 Å². The number of ether oxygens (including phenoxy) is 1. The number of nitrogens with one attached hydrogen (secondary N) is 1. The Labute approximate surface area is 144 Å². The molecule has 2 aliphatic rings. The molecule has 0 amide bonds. The van der Waals surface area contributed by atoms with Crippen LogP contribution in [0.3, 0.4) is 0 Å². The summed E-state index contributed by atoms with van der Waals surface area (Å²) in [6, 6.07) is 3.38. The van der Waals surface area contributed by atoms with Gasteiger partial charge in [0.2, 0.25) is 0 Å². The number of cyclic esters (lactones) is 1. The first kappa shape index (κ1) is 18.0. The molecular formula is C17H13F4NO4. The number of esters is 1. The van der Waals surface area contributed by atoms with E-state index in [2.05, 4.69) is 5.32 Å². The molecule has 2 atom stereocenters. The molecule has 3 rings (SSSR count). The van der Waals surface area contributed by atoms with Crippen LogP contribution in [0.15, 0.2) is 40.7 Å². The molecule has 2 N–H and O–H groups in total. The van der Waals surface area contributed by atoms with E-state index < -0.39 is 53.1 Å². The van der Waals surface area contributed by atoms with E-state index in [1.54, 1.807) is 0 Å². The van der Waals surface area contributed by atoms with Crippen molar-refractivity contribution >= 4 is 11.9 Å². The minimum Gasteiger partial charge on any atom is -0.478 e. The number of hydrogen-bond donors (Lipinski definition) is 2. The van der Waals surface area contributed by atoms with Gasteiger partial charge in [-0.15, -0.1) is 0 Å². The van der Waals surface area contributed by atoms with Gasteiger partial charge >= 0.3 is 11.9 Å². The van der Waals surface area contributed by atoms with Crippen LogP contribution in [0.25, 0.3) is 0 Å². The van der Waals surface area contributed by atoms with Gasteiger partial charge in [-0.25, -0.2) is 27.2 Å². The number of hydrogen-bond acceptors (Lipinski definition) is 4. The molecule has 0 fully saturated rings. The summed E-state index contributed by atoms with van der Waals surface area (Å²) in [7, 11) is 0. The Balaban J connectivity index is 2.33. The van der Waals surface area contributed by atoms with Crippen LogP contribution < -0.4 is 5.32 Å². The molecule has 0 spiro atoms. The second-order valence-corrected chi connectivity index (χ2v) is 5.82. The maximum atomic E-state index is 14.2. The summed E-state index contributed by atoms with van der Waals surface area (Å²) in [5.41, 5.74) is -2.74. The molecule has 2 aliphatic heterocycles. The van der Waals surface area contributed by atoms with Gasteiger partial charge in [0.25, 0.3) is 6.43 Å². The molecule has 0 saturated carbocycles. The molecule has 2 heterocycles. The minimum atomic E-state index is -3.20. The molecule has 1 unspecified atom stereocenters. The van der Waals surface area contributed by atoms with Crippen LogP contribution in [-0.4, -0.2) is 30.1 Å². The average molecular weight is 371 g/mol. The maximum absolute atomic E-state index is 14.2. The fourth-order valence-electron chi connectivity index (χ4n) is 3.29. The number of alkyl halides is 3. The number of carbonyl (C=O) groups excluding carboxylic acids is 1. The van der Waals surface area contributed by atoms with Gasteiger partial charge in [-0.3, -0.25) is 0 Å². The molecule has 1 aromatic rings. The van der Waals surface area contributed by atoms with E-state index in [-0.39, 0.29) is 23.4 Å². The van der Waals surface area contributed by atoms with E-state index in [0.717, 1.165) is 13.0 Å². The van der Waals surface area contributed by atoms with E-state index in [1.807, 2.05) is 0 Å². The van der Waals surface area contributed by atoms with Crippen molar-refractivity contribution in [2.24, 2.45) is 0 Å². The maximum Gasteiger partial charge on any atom is 0.337 e. The number of dihydropyridines is 1.